The zero-order chi connectivity index (χ0) is 14.7. The van der Waals surface area contributed by atoms with E-state index in [9.17, 15) is 4.79 Å². The molecule has 4 fully saturated rings. The van der Waals surface area contributed by atoms with E-state index in [2.05, 4.69) is 35.6 Å². The largest absolute Gasteiger partial charge is 0.317 e. The molecule has 1 aromatic heterocycles. The summed E-state index contributed by atoms with van der Waals surface area (Å²) in [5, 5.41) is 5.48. The Morgan fingerprint density at radius 1 is 1.00 bits per heavy atom. The van der Waals surface area contributed by atoms with Crippen LogP contribution in [-0.4, -0.2) is 5.91 Å². The molecule has 0 atom stereocenters. The van der Waals surface area contributed by atoms with Crippen LogP contribution in [0.1, 0.15) is 32.1 Å². The Balaban J connectivity index is 1.38. The molecule has 22 heavy (non-hydrogen) atoms. The van der Waals surface area contributed by atoms with Gasteiger partial charge >= 0.3 is 0 Å². The van der Waals surface area contributed by atoms with Crippen LogP contribution in [-0.2, 0) is 4.79 Å². The van der Waals surface area contributed by atoms with Crippen molar-refractivity contribution < 1.29 is 4.79 Å². The quantitative estimate of drug-likeness (QED) is 0.838. The molecule has 6 rings (SSSR count). The van der Waals surface area contributed by atoms with Crippen molar-refractivity contribution in [1.82, 2.24) is 0 Å². The van der Waals surface area contributed by atoms with Crippen molar-refractivity contribution in [2.45, 2.75) is 32.1 Å². The van der Waals surface area contributed by atoms with Crippen LogP contribution in [0.3, 0.4) is 0 Å². The Labute approximate surface area is 134 Å². The topological polar surface area (TPSA) is 29.1 Å². The first-order valence-electron chi connectivity index (χ1n) is 8.55. The molecule has 1 aromatic carbocycles. The highest BCUT2D eigenvalue weighted by molar-refractivity contribution is 7.22. The van der Waals surface area contributed by atoms with Gasteiger partial charge in [0.05, 0.1) is 5.00 Å². The lowest BCUT2D eigenvalue weighted by Gasteiger charge is -2.53. The minimum Gasteiger partial charge on any atom is -0.317 e. The summed E-state index contributed by atoms with van der Waals surface area (Å²) in [5.74, 6) is 3.74. The molecule has 0 unspecified atom stereocenters. The van der Waals surface area contributed by atoms with Gasteiger partial charge in [0, 0.05) is 10.6 Å². The van der Waals surface area contributed by atoms with E-state index in [-0.39, 0.29) is 5.92 Å². The number of hydrogen-bond donors (Lipinski definition) is 1. The number of hydrogen-bond acceptors (Lipinski definition) is 2. The zero-order valence-electron chi connectivity index (χ0n) is 12.6. The molecule has 0 spiro atoms. The Hall–Kier alpha value is -1.35. The molecule has 4 saturated carbocycles. The van der Waals surface area contributed by atoms with Crippen LogP contribution in [0.4, 0.5) is 5.00 Å². The number of benzene rings is 1. The minimum atomic E-state index is 0.276. The van der Waals surface area contributed by atoms with Crippen LogP contribution in [0.25, 0.3) is 10.1 Å². The highest BCUT2D eigenvalue weighted by Gasteiger charge is 2.50. The normalized spacial score (nSPS) is 35.9. The Bertz CT molecular complexity index is 673. The molecule has 1 heterocycles. The first-order chi connectivity index (χ1) is 10.8. The first kappa shape index (κ1) is 13.1. The molecule has 1 N–H and O–H groups in total. The second-order valence-corrected chi connectivity index (χ2v) is 8.68. The molecule has 114 valence electrons. The number of anilines is 1. The minimum absolute atomic E-state index is 0.276. The zero-order valence-corrected chi connectivity index (χ0v) is 13.4. The maximum absolute atomic E-state index is 12.9. The SMILES string of the molecule is O=C(Nc1cc2ccccc2s1)C1C2CC3CC(C2)CC1C3. The van der Waals surface area contributed by atoms with Crippen LogP contribution >= 0.6 is 11.3 Å². The number of carbonyl (C=O) groups excluding carboxylic acids is 1. The molecular weight excluding hydrogens is 290 g/mol. The van der Waals surface area contributed by atoms with Gasteiger partial charge in [0.25, 0.3) is 0 Å². The first-order valence-corrected chi connectivity index (χ1v) is 9.37. The maximum Gasteiger partial charge on any atom is 0.228 e. The second-order valence-electron chi connectivity index (χ2n) is 7.59. The average Bonchev–Trinajstić information content (AvgIpc) is 2.88. The smallest absolute Gasteiger partial charge is 0.228 e. The summed E-state index contributed by atoms with van der Waals surface area (Å²) in [6, 6.07) is 10.5. The molecule has 3 heteroatoms. The van der Waals surface area contributed by atoms with Crippen molar-refractivity contribution in [2.75, 3.05) is 5.32 Å². The van der Waals surface area contributed by atoms with E-state index >= 15 is 0 Å². The van der Waals surface area contributed by atoms with Crippen LogP contribution < -0.4 is 5.32 Å². The van der Waals surface area contributed by atoms with E-state index in [1.165, 1.54) is 42.2 Å². The van der Waals surface area contributed by atoms with Crippen molar-refractivity contribution in [3.05, 3.63) is 30.3 Å². The standard InChI is InChI=1S/C19H21NOS/c21-19(20-17-10-13-3-1-2-4-16(13)22-17)18-14-6-11-5-12(8-14)9-15(18)7-11/h1-4,10-12,14-15,18H,5-9H2,(H,20,21). The molecule has 4 bridgehead atoms. The third kappa shape index (κ3) is 2.02. The van der Waals surface area contributed by atoms with Gasteiger partial charge in [-0.05, 0) is 73.3 Å². The van der Waals surface area contributed by atoms with Gasteiger partial charge in [-0.1, -0.05) is 18.2 Å². The van der Waals surface area contributed by atoms with Crippen molar-refractivity contribution in [2.24, 2.45) is 29.6 Å². The van der Waals surface area contributed by atoms with Gasteiger partial charge in [-0.2, -0.15) is 0 Å². The lowest BCUT2D eigenvalue weighted by Crippen LogP contribution is -2.49. The summed E-state index contributed by atoms with van der Waals surface area (Å²) in [7, 11) is 0. The number of fused-ring (bicyclic) bond motifs is 1. The van der Waals surface area contributed by atoms with E-state index < -0.39 is 0 Å². The van der Waals surface area contributed by atoms with Gasteiger partial charge in [0.1, 0.15) is 0 Å². The summed E-state index contributed by atoms with van der Waals surface area (Å²) >= 11 is 1.70. The van der Waals surface area contributed by atoms with Crippen LogP contribution in [0.15, 0.2) is 30.3 Å². The van der Waals surface area contributed by atoms with Gasteiger partial charge < -0.3 is 5.32 Å². The van der Waals surface area contributed by atoms with Crippen LogP contribution in [0, 0.1) is 29.6 Å². The molecule has 0 saturated heterocycles. The Kier molecular flexibility index (Phi) is 2.88. The molecule has 4 aliphatic carbocycles. The fourth-order valence-electron chi connectivity index (χ4n) is 5.60. The molecule has 4 aliphatic rings. The Morgan fingerprint density at radius 2 is 1.68 bits per heavy atom. The lowest BCUT2D eigenvalue weighted by molar-refractivity contribution is -0.132. The lowest BCUT2D eigenvalue weighted by atomic mass is 9.51. The summed E-state index contributed by atoms with van der Waals surface area (Å²) in [6.45, 7) is 0. The summed E-state index contributed by atoms with van der Waals surface area (Å²) < 4.78 is 1.25. The van der Waals surface area contributed by atoms with Crippen molar-refractivity contribution in [3.63, 3.8) is 0 Å². The number of thiophene rings is 1. The summed E-state index contributed by atoms with van der Waals surface area (Å²) in [4.78, 5) is 12.9. The molecule has 0 radical (unpaired) electrons. The third-order valence-electron chi connectivity index (χ3n) is 6.20. The molecule has 2 aromatic rings. The number of carbonyl (C=O) groups is 1. The van der Waals surface area contributed by atoms with Gasteiger partial charge in [-0.15, -0.1) is 11.3 Å². The Morgan fingerprint density at radius 3 is 2.36 bits per heavy atom. The highest BCUT2D eigenvalue weighted by atomic mass is 32.1. The highest BCUT2D eigenvalue weighted by Crippen LogP contribution is 2.56. The summed E-state index contributed by atoms with van der Waals surface area (Å²) in [6.07, 6.45) is 6.65. The van der Waals surface area contributed by atoms with Crippen molar-refractivity contribution in [3.8, 4) is 0 Å². The number of rotatable bonds is 2. The van der Waals surface area contributed by atoms with Gasteiger partial charge in [-0.25, -0.2) is 0 Å². The van der Waals surface area contributed by atoms with E-state index in [0.717, 1.165) is 16.8 Å². The van der Waals surface area contributed by atoms with Gasteiger partial charge in [0.15, 0.2) is 0 Å². The van der Waals surface area contributed by atoms with Gasteiger partial charge in [0.2, 0.25) is 5.91 Å². The fourth-order valence-corrected chi connectivity index (χ4v) is 6.57. The van der Waals surface area contributed by atoms with Crippen LogP contribution in [0.5, 0.6) is 0 Å². The van der Waals surface area contributed by atoms with E-state index in [0.29, 0.717) is 17.7 Å². The van der Waals surface area contributed by atoms with Crippen molar-refractivity contribution in [1.29, 1.82) is 0 Å². The summed E-state index contributed by atoms with van der Waals surface area (Å²) in [5.41, 5.74) is 0. The molecular formula is C19H21NOS. The predicted octanol–water partition coefficient (Wildman–Crippen LogP) is 4.91. The van der Waals surface area contributed by atoms with E-state index in [1.807, 2.05) is 0 Å². The van der Waals surface area contributed by atoms with E-state index in [4.69, 9.17) is 0 Å². The predicted molar refractivity (Wildman–Crippen MR) is 91.0 cm³/mol. The third-order valence-corrected chi connectivity index (χ3v) is 7.23. The second kappa shape index (κ2) is 4.82. The van der Waals surface area contributed by atoms with Gasteiger partial charge in [-0.3, -0.25) is 4.79 Å². The molecule has 0 aliphatic heterocycles. The monoisotopic (exact) mass is 311 g/mol. The average molecular weight is 311 g/mol. The van der Waals surface area contributed by atoms with E-state index in [1.54, 1.807) is 11.3 Å². The number of amides is 1. The fraction of sp³-hybridized carbons (Fsp3) is 0.526. The molecule has 2 nitrogen and oxygen atoms in total. The number of nitrogens with one attached hydrogen (secondary N) is 1. The molecule has 1 amide bonds. The van der Waals surface area contributed by atoms with Crippen LogP contribution in [0.2, 0.25) is 0 Å². The van der Waals surface area contributed by atoms with Crippen molar-refractivity contribution >= 4 is 32.3 Å². The maximum atomic E-state index is 12.9.